The van der Waals surface area contributed by atoms with Crippen LogP contribution in [0.4, 0.5) is 14.9 Å². The van der Waals surface area contributed by atoms with Gasteiger partial charge in [0.05, 0.1) is 25.5 Å². The number of methoxy groups -OCH3 is 2. The van der Waals surface area contributed by atoms with E-state index in [1.54, 1.807) is 24.3 Å². The number of nitrogens with zero attached hydrogens (tertiary/aromatic N) is 3. The smallest absolute Gasteiger partial charge is 0.328 e. The van der Waals surface area contributed by atoms with Crippen molar-refractivity contribution in [3.05, 3.63) is 124 Å². The third kappa shape index (κ3) is 10.2. The van der Waals surface area contributed by atoms with Gasteiger partial charge in [0.25, 0.3) is 5.91 Å². The average Bonchev–Trinajstić information content (AvgIpc) is 3.31. The molecule has 2 saturated carbocycles. The number of anilines is 1. The van der Waals surface area contributed by atoms with Crippen LogP contribution in [0.2, 0.25) is 5.02 Å². The molecule has 2 aliphatic carbocycles. The van der Waals surface area contributed by atoms with Crippen LogP contribution in [0.5, 0.6) is 11.5 Å². The van der Waals surface area contributed by atoms with E-state index in [1.807, 2.05) is 35.2 Å². The van der Waals surface area contributed by atoms with Crippen LogP contribution < -0.4 is 36.1 Å². The number of imide groups is 1. The molecule has 5 N–H and O–H groups in total. The number of urea groups is 1. The fraction of sp³-hybridized carbons (Fsp3) is 0.380. The topological polar surface area (TPSA) is 176 Å². The van der Waals surface area contributed by atoms with E-state index in [0.717, 1.165) is 49.7 Å². The van der Waals surface area contributed by atoms with Crippen LogP contribution in [0, 0.1) is 11.7 Å². The highest BCUT2D eigenvalue weighted by atomic mass is 35.5. The number of carbonyl (C=O) groups excluding carboxylic acids is 5. The van der Waals surface area contributed by atoms with Gasteiger partial charge in [-0.1, -0.05) is 53.6 Å². The zero-order chi connectivity index (χ0) is 46.5. The van der Waals surface area contributed by atoms with Gasteiger partial charge in [-0.15, -0.1) is 0 Å². The highest BCUT2D eigenvalue weighted by Crippen LogP contribution is 2.40. The van der Waals surface area contributed by atoms with Gasteiger partial charge in [0.15, 0.2) is 11.6 Å². The second-order valence-corrected chi connectivity index (χ2v) is 17.8. The first-order chi connectivity index (χ1) is 31.9. The second kappa shape index (κ2) is 20.4. The Labute approximate surface area is 388 Å². The number of rotatable bonds is 14. The quantitative estimate of drug-likeness (QED) is 0.109. The van der Waals surface area contributed by atoms with E-state index in [0.29, 0.717) is 55.3 Å². The van der Waals surface area contributed by atoms with Crippen LogP contribution in [0.25, 0.3) is 11.1 Å². The van der Waals surface area contributed by atoms with Gasteiger partial charge >= 0.3 is 6.03 Å². The van der Waals surface area contributed by atoms with Gasteiger partial charge in [-0.2, -0.15) is 0 Å². The molecule has 0 spiro atoms. The molecular formula is C50H55ClFN7O7. The van der Waals surface area contributed by atoms with Crippen LogP contribution in [-0.4, -0.2) is 105 Å². The Bertz CT molecular complexity index is 2520. The number of nitrogens with two attached hydrogens (primary N) is 1. The Kier molecular flexibility index (Phi) is 14.2. The van der Waals surface area contributed by atoms with Crippen LogP contribution in [0.15, 0.2) is 90.6 Å². The Hall–Kier alpha value is -6.45. The first-order valence-corrected chi connectivity index (χ1v) is 22.9. The number of hydrogen-bond acceptors (Lipinski definition) is 9. The molecule has 0 bridgehead atoms. The monoisotopic (exact) mass is 919 g/mol. The van der Waals surface area contributed by atoms with Crippen molar-refractivity contribution < 1.29 is 37.8 Å². The highest BCUT2D eigenvalue weighted by Gasteiger charge is 2.33. The molecule has 1 unspecified atom stereocenters. The van der Waals surface area contributed by atoms with E-state index >= 15 is 4.39 Å². The fourth-order valence-electron chi connectivity index (χ4n) is 9.51. The summed E-state index contributed by atoms with van der Waals surface area (Å²) in [4.78, 5) is 69.1. The maximum absolute atomic E-state index is 15.8. The third-order valence-electron chi connectivity index (χ3n) is 13.3. The molecule has 4 aromatic carbocycles. The van der Waals surface area contributed by atoms with Gasteiger partial charge < -0.3 is 35.6 Å². The summed E-state index contributed by atoms with van der Waals surface area (Å²) in [5, 5.41) is 9.65. The maximum Gasteiger partial charge on any atom is 0.328 e. The van der Waals surface area contributed by atoms with E-state index in [9.17, 15) is 24.0 Å². The lowest BCUT2D eigenvalue weighted by Crippen LogP contribution is -2.50. The van der Waals surface area contributed by atoms with E-state index in [4.69, 9.17) is 26.8 Å². The predicted octanol–water partition coefficient (Wildman–Crippen LogP) is 6.61. The molecule has 16 heteroatoms. The summed E-state index contributed by atoms with van der Waals surface area (Å²) in [5.74, 6) is -1.61. The molecule has 6 amide bonds. The lowest BCUT2D eigenvalue weighted by atomic mass is 9.82. The second-order valence-electron chi connectivity index (χ2n) is 17.4. The largest absolute Gasteiger partial charge is 0.495 e. The number of carbonyl (C=O) groups is 5. The fourth-order valence-corrected chi connectivity index (χ4v) is 9.73. The van der Waals surface area contributed by atoms with Crippen LogP contribution in [0.3, 0.4) is 0 Å². The molecule has 4 aliphatic rings. The van der Waals surface area contributed by atoms with Gasteiger partial charge in [0.1, 0.15) is 5.75 Å². The van der Waals surface area contributed by atoms with Gasteiger partial charge in [0, 0.05) is 91.3 Å². The van der Waals surface area contributed by atoms with Gasteiger partial charge in [0.2, 0.25) is 17.7 Å². The van der Waals surface area contributed by atoms with Crippen LogP contribution >= 0.6 is 11.6 Å². The summed E-state index contributed by atoms with van der Waals surface area (Å²) >= 11 is 6.68. The predicted molar refractivity (Wildman–Crippen MR) is 249 cm³/mol. The van der Waals surface area contributed by atoms with Crippen molar-refractivity contribution in [2.24, 2.45) is 11.7 Å². The number of hydrogen-bond donors (Lipinski definition) is 4. The minimum atomic E-state index is -0.775. The van der Waals surface area contributed by atoms with Crippen molar-refractivity contribution >= 4 is 46.9 Å². The molecule has 4 fully saturated rings. The lowest BCUT2D eigenvalue weighted by molar-refractivity contribution is -0.127. The first-order valence-electron chi connectivity index (χ1n) is 22.5. The third-order valence-corrected chi connectivity index (χ3v) is 13.6. The number of primary amides is 1. The Morgan fingerprint density at radius 1 is 0.864 bits per heavy atom. The number of benzene rings is 4. The van der Waals surface area contributed by atoms with E-state index in [-0.39, 0.29) is 76.5 Å². The van der Waals surface area contributed by atoms with Crippen LogP contribution in [-0.2, 0) is 9.59 Å². The summed E-state index contributed by atoms with van der Waals surface area (Å²) in [6.45, 7) is 3.23. The highest BCUT2D eigenvalue weighted by molar-refractivity contribution is 6.33. The summed E-state index contributed by atoms with van der Waals surface area (Å²) < 4.78 is 26.5. The van der Waals surface area contributed by atoms with Crippen molar-refractivity contribution in [2.75, 3.05) is 58.4 Å². The van der Waals surface area contributed by atoms with E-state index in [2.05, 4.69) is 39.2 Å². The first kappa shape index (κ1) is 46.1. The number of nitrogens with one attached hydrogen (secondary N) is 3. The molecule has 2 saturated heterocycles. The van der Waals surface area contributed by atoms with Crippen molar-refractivity contribution in [1.82, 2.24) is 25.8 Å². The Balaban J connectivity index is 0.806. The molecule has 0 radical (unpaired) electrons. The summed E-state index contributed by atoms with van der Waals surface area (Å²) in [6, 6.07) is 23.1. The molecule has 346 valence electrons. The minimum Gasteiger partial charge on any atom is -0.495 e. The van der Waals surface area contributed by atoms with Crippen LogP contribution in [0.1, 0.15) is 82.7 Å². The molecule has 2 aliphatic heterocycles. The summed E-state index contributed by atoms with van der Waals surface area (Å²) in [5.41, 5.74) is 10.1. The minimum absolute atomic E-state index is 0.000786. The molecule has 0 aromatic heterocycles. The Morgan fingerprint density at radius 3 is 2.26 bits per heavy atom. The van der Waals surface area contributed by atoms with Gasteiger partial charge in [-0.3, -0.25) is 29.4 Å². The number of amides is 6. The Morgan fingerprint density at radius 2 is 1.58 bits per heavy atom. The zero-order valence-electron chi connectivity index (χ0n) is 37.1. The van der Waals surface area contributed by atoms with E-state index < -0.39 is 17.8 Å². The van der Waals surface area contributed by atoms with Gasteiger partial charge in [-0.05, 0) is 98.3 Å². The van der Waals surface area contributed by atoms with Crippen molar-refractivity contribution in [3.8, 4) is 22.6 Å². The number of halogens is 2. The SMILES string of the molecule is COc1ccc(C(=O)N2CCN(C=C3CC(NC(=O)C4CCC(NCC(c5ccccc5)c5ccc(Cl)c(-c6c(C(N)=O)ccc(OC)c6F)c5)CC4)C3)CC2)cc1N1CCC(=O)NC1=O. The molecule has 8 rings (SSSR count). The average molecular weight is 920 g/mol. The molecule has 2 heterocycles. The summed E-state index contributed by atoms with van der Waals surface area (Å²) in [6.07, 6.45) is 7.19. The molecule has 14 nitrogen and oxygen atoms in total. The van der Waals surface area contributed by atoms with Crippen molar-refractivity contribution in [3.63, 3.8) is 0 Å². The number of ether oxygens (including phenoxy) is 2. The maximum atomic E-state index is 15.8. The molecule has 1 atom stereocenters. The van der Waals surface area contributed by atoms with Crippen molar-refractivity contribution in [1.29, 1.82) is 0 Å². The standard InChI is InChI=1S/C50H55ClFN7O7/c1-65-42-16-11-34(27-41(42)59-19-18-44(60)56-50(59)64)49(63)58-22-20-57(21-23-58)29-30-24-36(25-30)55-48(62)32-8-12-35(13-9-32)54-28-39(31-6-4-3-5-7-31)33-10-15-40(51)38(26-33)45-37(47(53)61)14-17-43(66-2)46(45)52/h3-7,10-11,14-17,26-27,29,32,35-36,39,54H,8-9,12-13,18-25,28H2,1-2H3,(H2,53,61)(H,55,62)(H,56,60,64). The number of piperazine rings is 1. The lowest BCUT2D eigenvalue weighted by Gasteiger charge is -2.38. The van der Waals surface area contributed by atoms with E-state index in [1.165, 1.54) is 36.8 Å². The van der Waals surface area contributed by atoms with Crippen molar-refractivity contribution in [2.45, 2.75) is 62.9 Å². The zero-order valence-corrected chi connectivity index (χ0v) is 37.9. The molecule has 4 aromatic rings. The summed E-state index contributed by atoms with van der Waals surface area (Å²) in [7, 11) is 2.86. The molecular weight excluding hydrogens is 865 g/mol. The normalized spacial score (nSPS) is 20.2. The molecule has 66 heavy (non-hydrogen) atoms. The van der Waals surface area contributed by atoms with Gasteiger partial charge in [-0.25, -0.2) is 9.18 Å².